The minimum atomic E-state index is -2.59. The lowest BCUT2D eigenvalue weighted by molar-refractivity contribution is -0.351. The zero-order valence-corrected chi connectivity index (χ0v) is 23.5. The smallest absolute Gasteiger partial charge is 0.491 e. The maximum absolute atomic E-state index is 14.1. The molecule has 2 heterocycles. The predicted molar refractivity (Wildman–Crippen MR) is 147 cm³/mol. The molecule has 0 saturated carbocycles. The number of nitrogens with one attached hydrogen (secondary N) is 2. The first kappa shape index (κ1) is 28.7. The van der Waals surface area contributed by atoms with Crippen LogP contribution in [-0.2, 0) is 4.79 Å². The molecule has 8 heteroatoms. The van der Waals surface area contributed by atoms with E-state index in [1.165, 1.54) is 4.49 Å². The number of amides is 1. The highest BCUT2D eigenvalue weighted by Gasteiger charge is 2.47. The lowest BCUT2D eigenvalue weighted by Gasteiger charge is -2.19. The third-order valence-corrected chi connectivity index (χ3v) is 7.02. The summed E-state index contributed by atoms with van der Waals surface area (Å²) in [6, 6.07) is 7.94. The number of halogens is 2. The van der Waals surface area contributed by atoms with Gasteiger partial charge in [-0.2, -0.15) is 0 Å². The van der Waals surface area contributed by atoms with Crippen molar-refractivity contribution >= 4 is 24.6 Å². The number of aromatic nitrogens is 1. The Hall–Kier alpha value is -2.90. The predicted octanol–water partition coefficient (Wildman–Crippen LogP) is 6.40. The van der Waals surface area contributed by atoms with Gasteiger partial charge in [-0.25, -0.2) is 13.1 Å². The number of carbonyl (C=O) groups is 1. The quantitative estimate of drug-likeness (QED) is 0.362. The van der Waals surface area contributed by atoms with Gasteiger partial charge in [-0.05, 0) is 75.8 Å². The number of nitrogens with zero attached hydrogens (tertiary/aromatic N) is 1. The topological polar surface area (TPSA) is 57.1 Å². The molecule has 0 saturated heterocycles. The first-order valence-corrected chi connectivity index (χ1v) is 13.2. The van der Waals surface area contributed by atoms with Crippen LogP contribution in [0.1, 0.15) is 75.0 Å². The fourth-order valence-electron chi connectivity index (χ4n) is 5.36. The number of aryl methyl sites for hydroxylation is 4. The lowest BCUT2D eigenvalue weighted by Crippen LogP contribution is -2.37. The first-order valence-electron chi connectivity index (χ1n) is 13.2. The summed E-state index contributed by atoms with van der Waals surface area (Å²) in [6.07, 6.45) is 1.43. The minimum Gasteiger partial charge on any atom is -0.491 e. The fourth-order valence-corrected chi connectivity index (χ4v) is 5.36. The number of rotatable bonds is 10. The van der Waals surface area contributed by atoms with Crippen molar-refractivity contribution < 1.29 is 22.6 Å². The summed E-state index contributed by atoms with van der Waals surface area (Å²) in [6.45, 7) is 16.1. The molecule has 0 bridgehead atoms. The highest BCUT2D eigenvalue weighted by atomic mass is 19.2. The number of allylic oxidation sites excluding steroid dienone is 2. The van der Waals surface area contributed by atoms with Crippen LogP contribution in [0.2, 0.25) is 0 Å². The highest BCUT2D eigenvalue weighted by molar-refractivity contribution is 6.34. The molecule has 3 atom stereocenters. The van der Waals surface area contributed by atoms with Crippen LogP contribution in [0.25, 0.3) is 5.57 Å². The van der Waals surface area contributed by atoms with Gasteiger partial charge >= 0.3 is 7.40 Å². The summed E-state index contributed by atoms with van der Waals surface area (Å²) in [5.41, 5.74) is 7.31. The largest absolute Gasteiger partial charge is 0.934 e. The van der Waals surface area contributed by atoms with Gasteiger partial charge in [-0.15, -0.1) is 0 Å². The monoisotopic (exact) mass is 512 g/mol. The molecule has 2 N–H and O–H groups in total. The van der Waals surface area contributed by atoms with Gasteiger partial charge in [0.2, 0.25) is 5.91 Å². The summed E-state index contributed by atoms with van der Waals surface area (Å²) in [7, 11) is -2.59. The van der Waals surface area contributed by atoms with Crippen LogP contribution in [0.15, 0.2) is 30.0 Å². The van der Waals surface area contributed by atoms with Gasteiger partial charge in [0.25, 0.3) is 0 Å². The lowest BCUT2D eigenvalue weighted by atomic mass is 9.89. The van der Waals surface area contributed by atoms with Gasteiger partial charge in [-0.3, -0.25) is 4.79 Å². The van der Waals surface area contributed by atoms with Gasteiger partial charge in [0.15, 0.2) is 5.70 Å². The van der Waals surface area contributed by atoms with Gasteiger partial charge < -0.3 is 15.0 Å². The Labute approximate surface area is 220 Å². The van der Waals surface area contributed by atoms with E-state index in [2.05, 4.69) is 10.3 Å². The van der Waals surface area contributed by atoms with E-state index < -0.39 is 7.40 Å². The molecule has 1 aliphatic rings. The van der Waals surface area contributed by atoms with E-state index in [0.29, 0.717) is 37.3 Å². The van der Waals surface area contributed by atoms with Crippen molar-refractivity contribution in [3.05, 3.63) is 58.0 Å². The molecule has 0 fully saturated rings. The van der Waals surface area contributed by atoms with Crippen molar-refractivity contribution in [2.45, 2.75) is 80.7 Å². The maximum atomic E-state index is 14.1. The number of aromatic amines is 1. The van der Waals surface area contributed by atoms with Gasteiger partial charge in [0.1, 0.15) is 18.1 Å². The summed E-state index contributed by atoms with van der Waals surface area (Å²) < 4.78 is 35.4. The van der Waals surface area contributed by atoms with Crippen LogP contribution in [0, 0.1) is 39.5 Å². The Morgan fingerprint density at radius 3 is 2.46 bits per heavy atom. The van der Waals surface area contributed by atoms with Crippen molar-refractivity contribution in [2.75, 3.05) is 6.61 Å². The molecule has 1 aromatic carbocycles. The van der Waals surface area contributed by atoms with E-state index in [0.717, 1.165) is 39.4 Å². The second-order valence-corrected chi connectivity index (χ2v) is 10.9. The molecule has 200 valence electrons. The molecule has 3 rings (SSSR count). The molecule has 1 aromatic heterocycles. The number of carbonyl (C=O) groups excluding carboxylic acids is 1. The summed E-state index contributed by atoms with van der Waals surface area (Å²) in [5.74, 6) is 0.700. The fraction of sp³-hybridized carbons (Fsp3) is 0.517. The number of hydrogen-bond acceptors (Lipinski definition) is 2. The van der Waals surface area contributed by atoms with Gasteiger partial charge in [-0.1, -0.05) is 26.0 Å². The highest BCUT2D eigenvalue weighted by Crippen LogP contribution is 2.37. The van der Waals surface area contributed by atoms with Crippen LogP contribution in [-0.4, -0.2) is 41.1 Å². The van der Waals surface area contributed by atoms with E-state index in [-0.39, 0.29) is 23.8 Å². The van der Waals surface area contributed by atoms with Gasteiger partial charge in [0, 0.05) is 37.0 Å². The van der Waals surface area contributed by atoms with E-state index in [9.17, 15) is 13.4 Å². The van der Waals surface area contributed by atoms with Crippen LogP contribution < -0.4 is 10.1 Å². The van der Waals surface area contributed by atoms with Crippen LogP contribution in [0.4, 0.5) is 8.63 Å². The Morgan fingerprint density at radius 2 is 1.84 bits per heavy atom. The van der Waals surface area contributed by atoms with Crippen LogP contribution >= 0.6 is 0 Å². The molecule has 1 aliphatic heterocycles. The van der Waals surface area contributed by atoms with Crippen LogP contribution in [0.3, 0.4) is 0 Å². The Morgan fingerprint density at radius 1 is 1.14 bits per heavy atom. The van der Waals surface area contributed by atoms with E-state index in [4.69, 9.17) is 4.74 Å². The molecule has 5 nitrogen and oxygen atoms in total. The third kappa shape index (κ3) is 7.11. The standard InChI is InChI=1S/C29H40BF2N3O2/c1-17-9-10-19(3)26(12-17)37-16-23(7)33-27(36)13-18(2)11-25(28-20(4)14-22(6)34-28)29-21(5)15-24(8)35(29)30(31)32/h9-10,12,14,18,21,23,34H,11,13,15-16H2,1-8H3/p+1/b29-25-/t18-,21?,23?/m1/s1. The van der Waals surface area contributed by atoms with Crippen molar-refractivity contribution in [3.8, 4) is 5.75 Å². The molecule has 0 aliphatic carbocycles. The summed E-state index contributed by atoms with van der Waals surface area (Å²) in [5, 5.41) is 3.03. The minimum absolute atomic E-state index is 0.0183. The Kier molecular flexibility index (Phi) is 9.38. The molecular weight excluding hydrogens is 471 g/mol. The average molecular weight is 512 g/mol. The van der Waals surface area contributed by atoms with Crippen molar-refractivity contribution in [3.63, 3.8) is 0 Å². The molecular formula is C29H41BF2N3O2+. The van der Waals surface area contributed by atoms with Gasteiger partial charge in [0.05, 0.1) is 11.7 Å². The molecule has 0 spiro atoms. The Bertz CT molecular complexity index is 1200. The van der Waals surface area contributed by atoms with E-state index in [1.54, 1.807) is 6.92 Å². The van der Waals surface area contributed by atoms with Crippen LogP contribution in [0.5, 0.6) is 5.75 Å². The third-order valence-electron chi connectivity index (χ3n) is 7.02. The van der Waals surface area contributed by atoms with Crippen molar-refractivity contribution in [2.24, 2.45) is 11.8 Å². The number of ether oxygens (including phenoxy) is 1. The molecule has 1 amide bonds. The molecule has 2 unspecified atom stereocenters. The van der Waals surface area contributed by atoms with E-state index >= 15 is 0 Å². The summed E-state index contributed by atoms with van der Waals surface area (Å²) >= 11 is 0. The zero-order valence-electron chi connectivity index (χ0n) is 23.5. The number of benzene rings is 1. The molecule has 0 radical (unpaired) electrons. The van der Waals surface area contributed by atoms with E-state index in [1.807, 2.05) is 72.7 Å². The Balaban J connectivity index is 1.72. The average Bonchev–Trinajstić information content (AvgIpc) is 3.28. The molecule has 2 aromatic rings. The number of hydrogen-bond donors (Lipinski definition) is 2. The second kappa shape index (κ2) is 12.1. The summed E-state index contributed by atoms with van der Waals surface area (Å²) in [4.78, 5) is 16.3. The molecule has 37 heavy (non-hydrogen) atoms. The zero-order chi connectivity index (χ0) is 27.4. The van der Waals surface area contributed by atoms with Crippen molar-refractivity contribution in [1.82, 2.24) is 10.3 Å². The maximum Gasteiger partial charge on any atom is 0.934 e. The van der Waals surface area contributed by atoms with Crippen molar-refractivity contribution in [1.29, 1.82) is 0 Å². The number of H-pyrrole nitrogens is 1. The normalized spacial score (nSPS) is 18.6. The second-order valence-electron chi connectivity index (χ2n) is 10.9. The first-order chi connectivity index (χ1) is 17.4. The SMILES string of the molecule is CC1=[N+](B(F)F)/C(=C(/C[C@@H](C)CC(=O)NC(C)COc2cc(C)ccc2C)c2[nH]c(C)cc2C)C(C)C1.